The summed E-state index contributed by atoms with van der Waals surface area (Å²) in [6.45, 7) is 0. The number of nitrogens with one attached hydrogen (secondary N) is 1. The van der Waals surface area contributed by atoms with Crippen LogP contribution in [-0.4, -0.2) is 28.1 Å². The van der Waals surface area contributed by atoms with Gasteiger partial charge in [0, 0.05) is 17.1 Å². The summed E-state index contributed by atoms with van der Waals surface area (Å²) in [5.74, 6) is -1.46. The number of fused-ring (bicyclic) bond motifs is 1. The molecule has 1 aromatic heterocycles. The molecule has 0 saturated carbocycles. The van der Waals surface area contributed by atoms with Crippen molar-refractivity contribution in [3.05, 3.63) is 35.5 Å². The normalized spacial score (nSPS) is 10.5. The third-order valence-corrected chi connectivity index (χ3v) is 2.65. The maximum atomic E-state index is 11.3. The van der Waals surface area contributed by atoms with Gasteiger partial charge >= 0.3 is 11.9 Å². The van der Waals surface area contributed by atoms with E-state index in [1.165, 1.54) is 6.20 Å². The molecule has 1 aromatic carbocycles. The first-order valence-electron chi connectivity index (χ1n) is 5.16. The average Bonchev–Trinajstić information content (AvgIpc) is 2.72. The van der Waals surface area contributed by atoms with Crippen LogP contribution in [0, 0.1) is 0 Å². The lowest BCUT2D eigenvalue weighted by Gasteiger charge is -2.02. The minimum Gasteiger partial charge on any atom is -0.478 e. The van der Waals surface area contributed by atoms with E-state index in [0.717, 1.165) is 0 Å². The van der Waals surface area contributed by atoms with Crippen LogP contribution in [0.25, 0.3) is 10.9 Å². The number of hydrogen-bond acceptors (Lipinski definition) is 3. The van der Waals surface area contributed by atoms with Crippen molar-refractivity contribution in [1.82, 2.24) is 4.98 Å². The molecule has 5 nitrogen and oxygen atoms in total. The minimum absolute atomic E-state index is 0.0624. The molecule has 0 aliphatic heterocycles. The summed E-state index contributed by atoms with van der Waals surface area (Å²) < 4.78 is 4.62. The van der Waals surface area contributed by atoms with Gasteiger partial charge < -0.3 is 14.8 Å². The van der Waals surface area contributed by atoms with Gasteiger partial charge in [0.1, 0.15) is 0 Å². The van der Waals surface area contributed by atoms with E-state index in [0.29, 0.717) is 16.5 Å². The molecule has 2 N–H and O–H groups in total. The third-order valence-electron chi connectivity index (χ3n) is 2.54. The molecule has 0 saturated heterocycles. The molecule has 2 aromatic rings. The molecule has 0 spiro atoms. The number of aromatic amines is 1. The number of benzene rings is 1. The number of carboxylic acid groups (broad SMARTS) is 1. The molecule has 2 rings (SSSR count). The van der Waals surface area contributed by atoms with Gasteiger partial charge in [-0.1, -0.05) is 17.7 Å². The Kier molecular flexibility index (Phi) is 3.53. The van der Waals surface area contributed by atoms with Gasteiger partial charge in [0.2, 0.25) is 0 Å². The van der Waals surface area contributed by atoms with Gasteiger partial charge in [0.15, 0.2) is 6.07 Å². The molecule has 6 heteroatoms. The number of ether oxygens (including phenoxy) is 1. The van der Waals surface area contributed by atoms with Gasteiger partial charge in [0.25, 0.3) is 0 Å². The van der Waals surface area contributed by atoms with E-state index in [2.05, 4.69) is 9.72 Å². The Balaban J connectivity index is 2.33. The van der Waals surface area contributed by atoms with Crippen molar-refractivity contribution in [3.63, 3.8) is 0 Å². The summed E-state index contributed by atoms with van der Waals surface area (Å²) in [7, 11) is 0. The lowest BCUT2D eigenvalue weighted by molar-refractivity contribution is -0.140. The van der Waals surface area contributed by atoms with Crippen molar-refractivity contribution in [2.24, 2.45) is 0 Å². The van der Waals surface area contributed by atoms with Crippen LogP contribution >= 0.6 is 11.6 Å². The Morgan fingerprint density at radius 2 is 2.17 bits per heavy atom. The van der Waals surface area contributed by atoms with Crippen molar-refractivity contribution in [1.29, 1.82) is 0 Å². The minimum atomic E-state index is -1.01. The van der Waals surface area contributed by atoms with Crippen LogP contribution in [0.1, 0.15) is 15.9 Å². The van der Waals surface area contributed by atoms with Crippen LogP contribution in [0.5, 0.6) is 0 Å². The number of carbonyl (C=O) groups is 2. The highest BCUT2D eigenvalue weighted by Crippen LogP contribution is 2.20. The first-order valence-corrected chi connectivity index (χ1v) is 5.70. The molecule has 0 aliphatic rings. The third kappa shape index (κ3) is 2.46. The van der Waals surface area contributed by atoms with Crippen LogP contribution in [0.3, 0.4) is 0 Å². The molecular formula is C12H10ClNO4. The monoisotopic (exact) mass is 267 g/mol. The predicted molar refractivity (Wildman–Crippen MR) is 65.8 cm³/mol. The Morgan fingerprint density at radius 3 is 2.83 bits per heavy atom. The van der Waals surface area contributed by atoms with Gasteiger partial charge in [-0.15, -0.1) is 0 Å². The van der Waals surface area contributed by atoms with E-state index >= 15 is 0 Å². The van der Waals surface area contributed by atoms with E-state index in [-0.39, 0.29) is 18.1 Å². The van der Waals surface area contributed by atoms with Gasteiger partial charge in [-0.05, 0) is 17.7 Å². The van der Waals surface area contributed by atoms with Gasteiger partial charge in [0.05, 0.1) is 12.0 Å². The largest absolute Gasteiger partial charge is 0.478 e. The van der Waals surface area contributed by atoms with E-state index in [1.807, 2.05) is 0 Å². The number of aromatic carboxylic acids is 1. The quantitative estimate of drug-likeness (QED) is 0.657. The number of rotatable bonds is 4. The van der Waals surface area contributed by atoms with Gasteiger partial charge in [-0.25, -0.2) is 4.79 Å². The molecule has 0 bridgehead atoms. The zero-order chi connectivity index (χ0) is 13.1. The van der Waals surface area contributed by atoms with Crippen LogP contribution < -0.4 is 0 Å². The van der Waals surface area contributed by atoms with Gasteiger partial charge in [-0.3, -0.25) is 4.79 Å². The Morgan fingerprint density at radius 1 is 1.39 bits per heavy atom. The molecule has 0 aliphatic carbocycles. The SMILES string of the molecule is O=C(Cc1ccc2[nH]cc(C(=O)O)c2c1)OCCl. The van der Waals surface area contributed by atoms with Crippen molar-refractivity contribution < 1.29 is 19.4 Å². The molecule has 0 atom stereocenters. The number of halogens is 1. The van der Waals surface area contributed by atoms with Crippen LogP contribution in [-0.2, 0) is 16.0 Å². The lowest BCUT2D eigenvalue weighted by atomic mass is 10.1. The summed E-state index contributed by atoms with van der Waals surface area (Å²) in [4.78, 5) is 25.1. The van der Waals surface area contributed by atoms with E-state index < -0.39 is 11.9 Å². The van der Waals surface area contributed by atoms with Crippen molar-refractivity contribution >= 4 is 34.4 Å². The molecule has 0 amide bonds. The summed E-state index contributed by atoms with van der Waals surface area (Å²) >= 11 is 5.28. The Labute approximate surface area is 107 Å². The second-order valence-corrected chi connectivity index (χ2v) is 3.91. The van der Waals surface area contributed by atoms with Crippen LogP contribution in [0.4, 0.5) is 0 Å². The number of hydrogen-bond donors (Lipinski definition) is 2. The summed E-state index contributed by atoms with van der Waals surface area (Å²) in [6.07, 6.45) is 1.49. The van der Waals surface area contributed by atoms with Crippen molar-refractivity contribution in [3.8, 4) is 0 Å². The number of esters is 1. The maximum absolute atomic E-state index is 11.3. The number of H-pyrrole nitrogens is 1. The van der Waals surface area contributed by atoms with Crippen LogP contribution in [0.2, 0.25) is 0 Å². The Hall–Kier alpha value is -2.01. The van der Waals surface area contributed by atoms with E-state index in [1.54, 1.807) is 18.2 Å². The van der Waals surface area contributed by atoms with E-state index in [9.17, 15) is 9.59 Å². The first-order chi connectivity index (χ1) is 8.61. The fraction of sp³-hybridized carbons (Fsp3) is 0.167. The topological polar surface area (TPSA) is 79.4 Å². The molecule has 18 heavy (non-hydrogen) atoms. The Bertz CT molecular complexity index is 605. The number of carbonyl (C=O) groups excluding carboxylic acids is 1. The highest BCUT2D eigenvalue weighted by atomic mass is 35.5. The average molecular weight is 268 g/mol. The second kappa shape index (κ2) is 5.10. The molecule has 0 radical (unpaired) electrons. The second-order valence-electron chi connectivity index (χ2n) is 3.69. The zero-order valence-corrected chi connectivity index (χ0v) is 10.0. The summed E-state index contributed by atoms with van der Waals surface area (Å²) in [6, 6.07) is 4.93. The van der Waals surface area contributed by atoms with Gasteiger partial charge in [-0.2, -0.15) is 0 Å². The summed E-state index contributed by atoms with van der Waals surface area (Å²) in [5.41, 5.74) is 1.57. The molecule has 1 heterocycles. The standard InChI is InChI=1S/C12H10ClNO4/c13-6-18-11(15)4-7-1-2-10-8(3-7)9(5-14-10)12(16)17/h1-3,5,14H,4,6H2,(H,16,17). The molecule has 94 valence electrons. The predicted octanol–water partition coefficient (Wildman–Crippen LogP) is 2.15. The highest BCUT2D eigenvalue weighted by molar-refractivity contribution is 6.17. The summed E-state index contributed by atoms with van der Waals surface area (Å²) in [5, 5.41) is 9.57. The number of alkyl halides is 1. The highest BCUT2D eigenvalue weighted by Gasteiger charge is 2.12. The fourth-order valence-electron chi connectivity index (χ4n) is 1.73. The number of carboxylic acids is 1. The van der Waals surface area contributed by atoms with Crippen molar-refractivity contribution in [2.45, 2.75) is 6.42 Å². The smallest absolute Gasteiger partial charge is 0.337 e. The fourth-order valence-corrected chi connectivity index (χ4v) is 1.85. The first kappa shape index (κ1) is 12.4. The lowest BCUT2D eigenvalue weighted by Crippen LogP contribution is -2.06. The molecular weight excluding hydrogens is 258 g/mol. The zero-order valence-electron chi connectivity index (χ0n) is 9.27. The van der Waals surface area contributed by atoms with Crippen molar-refractivity contribution in [2.75, 3.05) is 6.07 Å². The number of aromatic nitrogens is 1. The molecule has 0 fully saturated rings. The molecule has 0 unspecified atom stereocenters. The van der Waals surface area contributed by atoms with Crippen LogP contribution in [0.15, 0.2) is 24.4 Å². The maximum Gasteiger partial charge on any atom is 0.337 e. The van der Waals surface area contributed by atoms with E-state index in [4.69, 9.17) is 16.7 Å².